The number of benzene rings is 4. The van der Waals surface area contributed by atoms with Crippen molar-refractivity contribution in [1.29, 1.82) is 0 Å². The summed E-state index contributed by atoms with van der Waals surface area (Å²) < 4.78 is 5.86. The van der Waals surface area contributed by atoms with Crippen LogP contribution >= 0.6 is 45.6 Å². The first kappa shape index (κ1) is 22.5. The van der Waals surface area contributed by atoms with Crippen molar-refractivity contribution >= 4 is 45.6 Å². The predicted octanol–water partition coefficient (Wildman–Crippen LogP) is 8.68. The molecule has 0 heterocycles. The van der Waals surface area contributed by atoms with Crippen molar-refractivity contribution in [2.24, 2.45) is 0 Å². The van der Waals surface area contributed by atoms with E-state index in [4.69, 9.17) is 3.07 Å². The van der Waals surface area contributed by atoms with Crippen LogP contribution in [0.3, 0.4) is 0 Å². The minimum Gasteiger partial charge on any atom is -0.300 e. The zero-order valence-corrected chi connectivity index (χ0v) is 21.9. The van der Waals surface area contributed by atoms with Gasteiger partial charge in [0.1, 0.15) is 28.6 Å². The summed E-state index contributed by atoms with van der Waals surface area (Å²) in [6, 6.07) is 38.6. The molecule has 4 aromatic rings. The molecule has 4 aromatic carbocycles. The lowest BCUT2D eigenvalue weighted by atomic mass is 9.87. The van der Waals surface area contributed by atoms with Crippen molar-refractivity contribution in [3.63, 3.8) is 0 Å². The molecular formula is C28H24I2O. The van der Waals surface area contributed by atoms with Gasteiger partial charge in [0.25, 0.3) is 0 Å². The highest BCUT2D eigenvalue weighted by Gasteiger charge is 2.29. The van der Waals surface area contributed by atoms with Crippen LogP contribution in [0.2, 0.25) is 0 Å². The Labute approximate surface area is 212 Å². The van der Waals surface area contributed by atoms with Crippen molar-refractivity contribution in [3.05, 3.63) is 131 Å². The second-order valence-corrected chi connectivity index (χ2v) is 10.6. The molecule has 0 fully saturated rings. The zero-order valence-electron chi connectivity index (χ0n) is 17.6. The fourth-order valence-electron chi connectivity index (χ4n) is 3.89. The minimum absolute atomic E-state index is 0.0590. The molecule has 0 aliphatic heterocycles. The number of hydrogen-bond donors (Lipinski definition) is 0. The van der Waals surface area contributed by atoms with E-state index in [2.05, 4.69) is 140 Å². The number of alkyl halides is 1. The van der Waals surface area contributed by atoms with Gasteiger partial charge in [-0.2, -0.15) is 0 Å². The third-order valence-electron chi connectivity index (χ3n) is 5.99. The van der Waals surface area contributed by atoms with Crippen molar-refractivity contribution in [2.75, 3.05) is 0 Å². The molecule has 4 rings (SSSR count). The van der Waals surface area contributed by atoms with Gasteiger partial charge in [-0.1, -0.05) is 132 Å². The summed E-state index contributed by atoms with van der Waals surface area (Å²) in [5, 5.41) is 0. The molecule has 156 valence electrons. The Kier molecular flexibility index (Phi) is 6.84. The molecular weight excluding hydrogens is 606 g/mol. The van der Waals surface area contributed by atoms with Gasteiger partial charge in [-0.15, -0.1) is 0 Å². The molecule has 0 saturated heterocycles. The van der Waals surface area contributed by atoms with E-state index < -0.39 is 5.60 Å². The Morgan fingerprint density at radius 1 is 0.516 bits per heavy atom. The fraction of sp³-hybridized carbons (Fsp3) is 0.143. The van der Waals surface area contributed by atoms with Crippen LogP contribution in [0.1, 0.15) is 36.1 Å². The second kappa shape index (κ2) is 9.43. The van der Waals surface area contributed by atoms with E-state index in [-0.39, 0.29) is 3.42 Å². The Hall–Kier alpha value is -1.70. The fourth-order valence-corrected chi connectivity index (χ4v) is 5.11. The lowest BCUT2D eigenvalue weighted by Gasteiger charge is -2.28. The van der Waals surface area contributed by atoms with Gasteiger partial charge >= 0.3 is 0 Å². The van der Waals surface area contributed by atoms with Gasteiger partial charge in [-0.25, -0.2) is 0 Å². The maximum absolute atomic E-state index is 5.92. The summed E-state index contributed by atoms with van der Waals surface area (Å²) in [5.41, 5.74) is 6.83. The quantitative estimate of drug-likeness (QED) is 0.153. The number of halogens is 2. The van der Waals surface area contributed by atoms with E-state index in [1.807, 2.05) is 29.1 Å². The molecule has 0 amide bonds. The molecule has 0 aromatic heterocycles. The van der Waals surface area contributed by atoms with Crippen LogP contribution in [0.4, 0.5) is 0 Å². The monoisotopic (exact) mass is 630 g/mol. The third kappa shape index (κ3) is 4.59. The first-order chi connectivity index (χ1) is 14.9. The Balaban J connectivity index is 1.60. The highest BCUT2D eigenvalue weighted by Crippen LogP contribution is 2.40. The van der Waals surface area contributed by atoms with Crippen LogP contribution in [0.5, 0.6) is 0 Å². The third-order valence-corrected chi connectivity index (χ3v) is 8.12. The molecule has 1 nitrogen and oxygen atoms in total. The lowest BCUT2D eigenvalue weighted by Crippen LogP contribution is -2.23. The number of hydrogen-bond acceptors (Lipinski definition) is 1. The molecule has 0 N–H and O–H groups in total. The van der Waals surface area contributed by atoms with E-state index in [1.165, 1.54) is 22.3 Å². The zero-order chi connectivity index (χ0) is 21.9. The highest BCUT2D eigenvalue weighted by atomic mass is 127. The summed E-state index contributed by atoms with van der Waals surface area (Å²) in [7, 11) is 0. The van der Waals surface area contributed by atoms with E-state index in [0.717, 1.165) is 11.1 Å². The van der Waals surface area contributed by atoms with E-state index in [9.17, 15) is 0 Å². The van der Waals surface area contributed by atoms with Gasteiger partial charge in [-0.3, -0.25) is 3.07 Å². The van der Waals surface area contributed by atoms with Crippen LogP contribution in [0.15, 0.2) is 109 Å². The first-order valence-electron chi connectivity index (χ1n) is 10.3. The first-order valence-corrected chi connectivity index (χ1v) is 12.2. The smallest absolute Gasteiger partial charge is 0.128 e. The summed E-state index contributed by atoms with van der Waals surface area (Å²) in [4.78, 5) is 0. The number of rotatable bonds is 6. The normalized spacial score (nSPS) is 15.1. The molecule has 31 heavy (non-hydrogen) atoms. The van der Waals surface area contributed by atoms with Crippen LogP contribution in [-0.4, -0.2) is 0 Å². The predicted molar refractivity (Wildman–Crippen MR) is 147 cm³/mol. The van der Waals surface area contributed by atoms with Crippen LogP contribution < -0.4 is 0 Å². The van der Waals surface area contributed by atoms with Gasteiger partial charge < -0.3 is 0 Å². The van der Waals surface area contributed by atoms with E-state index in [0.29, 0.717) is 0 Å². The van der Waals surface area contributed by atoms with Gasteiger partial charge in [0.2, 0.25) is 0 Å². The van der Waals surface area contributed by atoms with E-state index >= 15 is 0 Å². The molecule has 0 aliphatic carbocycles. The van der Waals surface area contributed by atoms with E-state index in [1.54, 1.807) is 0 Å². The summed E-state index contributed by atoms with van der Waals surface area (Å²) in [6.07, 6.45) is 0. The van der Waals surface area contributed by atoms with Crippen molar-refractivity contribution in [2.45, 2.75) is 22.9 Å². The standard InChI is InChI=1S/C28H24I2O/c1-27(29,23-9-5-3-6-10-23)24-17-13-21(14-18-24)22-15-19-26(20-16-22)28(2,31-30)25-11-7-4-8-12-25/h3-20H,1-2H3. The van der Waals surface area contributed by atoms with Crippen molar-refractivity contribution < 1.29 is 3.07 Å². The SMILES string of the molecule is CC(I)(c1ccccc1)c1ccc(-c2ccc(C(C)(OI)c3ccccc3)cc2)cc1. The molecule has 2 atom stereocenters. The Morgan fingerprint density at radius 3 is 1.32 bits per heavy atom. The lowest BCUT2D eigenvalue weighted by molar-refractivity contribution is 0.204. The Morgan fingerprint density at radius 2 is 0.871 bits per heavy atom. The van der Waals surface area contributed by atoms with Gasteiger partial charge in [0.05, 0.1) is 3.42 Å². The van der Waals surface area contributed by atoms with Gasteiger partial charge in [0, 0.05) is 0 Å². The minimum atomic E-state index is -0.483. The van der Waals surface area contributed by atoms with Gasteiger partial charge in [-0.05, 0) is 47.2 Å². The van der Waals surface area contributed by atoms with Gasteiger partial charge in [0.15, 0.2) is 0 Å². The molecule has 0 radical (unpaired) electrons. The molecule has 2 unspecified atom stereocenters. The molecule has 0 bridgehead atoms. The summed E-state index contributed by atoms with van der Waals surface area (Å²) >= 11 is 4.55. The van der Waals surface area contributed by atoms with Crippen LogP contribution in [0, 0.1) is 0 Å². The largest absolute Gasteiger partial charge is 0.300 e. The van der Waals surface area contributed by atoms with Crippen molar-refractivity contribution in [1.82, 2.24) is 0 Å². The molecule has 0 saturated carbocycles. The molecule has 3 heteroatoms. The maximum Gasteiger partial charge on any atom is 0.128 e. The summed E-state index contributed by atoms with van der Waals surface area (Å²) in [5.74, 6) is 0. The Bertz CT molecular complexity index is 1120. The average molecular weight is 630 g/mol. The molecule has 0 aliphatic rings. The molecule has 0 spiro atoms. The highest BCUT2D eigenvalue weighted by molar-refractivity contribution is 14.1. The average Bonchev–Trinajstić information content (AvgIpc) is 2.85. The maximum atomic E-state index is 5.92. The van der Waals surface area contributed by atoms with Crippen LogP contribution in [-0.2, 0) is 12.1 Å². The summed E-state index contributed by atoms with van der Waals surface area (Å²) in [6.45, 7) is 4.38. The van der Waals surface area contributed by atoms with Crippen molar-refractivity contribution in [3.8, 4) is 11.1 Å². The topological polar surface area (TPSA) is 9.23 Å². The second-order valence-electron chi connectivity index (χ2n) is 8.00. The van der Waals surface area contributed by atoms with Crippen LogP contribution in [0.25, 0.3) is 11.1 Å².